The average molecular weight is 255 g/mol. The summed E-state index contributed by atoms with van der Waals surface area (Å²) in [6.45, 7) is 0. The highest BCUT2D eigenvalue weighted by Gasteiger charge is 2.07. The van der Waals surface area contributed by atoms with E-state index >= 15 is 0 Å². The maximum Gasteiger partial charge on any atom is 0.304 e. The van der Waals surface area contributed by atoms with Crippen LogP contribution in [-0.4, -0.2) is 21.0 Å². The van der Waals surface area contributed by atoms with E-state index in [1.807, 2.05) is 0 Å². The predicted molar refractivity (Wildman–Crippen MR) is 60.1 cm³/mol. The number of halogens is 1. The van der Waals surface area contributed by atoms with Crippen molar-refractivity contribution in [3.05, 3.63) is 35.1 Å². The summed E-state index contributed by atoms with van der Waals surface area (Å²) in [5, 5.41) is 17.0. The smallest absolute Gasteiger partial charge is 0.304 e. The number of carboxylic acids is 1. The minimum absolute atomic E-state index is 0.0502. The van der Waals surface area contributed by atoms with E-state index in [1.165, 1.54) is 12.1 Å². The molecule has 0 radical (unpaired) electrons. The molecule has 0 aromatic heterocycles. The lowest BCUT2D eigenvalue weighted by Crippen LogP contribution is -2.06. The van der Waals surface area contributed by atoms with Gasteiger partial charge in [-0.3, -0.25) is 9.00 Å². The van der Waals surface area contributed by atoms with Gasteiger partial charge in [-0.2, -0.15) is 5.26 Å². The molecule has 0 bridgehead atoms. The van der Waals surface area contributed by atoms with Gasteiger partial charge in [0.05, 0.1) is 12.0 Å². The molecule has 0 aliphatic rings. The first-order valence-corrected chi connectivity index (χ1v) is 6.27. The minimum atomic E-state index is -1.32. The molecule has 1 N–H and O–H groups in total. The van der Waals surface area contributed by atoms with Crippen LogP contribution in [0, 0.1) is 17.1 Å². The zero-order valence-electron chi connectivity index (χ0n) is 8.85. The number of nitrogens with zero attached hydrogens (tertiary/aromatic N) is 1. The molecular weight excluding hydrogens is 245 g/mol. The van der Waals surface area contributed by atoms with E-state index in [9.17, 15) is 13.4 Å². The normalized spacial score (nSPS) is 11.8. The van der Waals surface area contributed by atoms with E-state index in [1.54, 1.807) is 6.07 Å². The maximum atomic E-state index is 13.0. The third-order valence-corrected chi connectivity index (χ3v) is 3.34. The summed E-state index contributed by atoms with van der Waals surface area (Å²) in [7, 11) is -1.32. The lowest BCUT2D eigenvalue weighted by atomic mass is 10.1. The van der Waals surface area contributed by atoms with Crippen LogP contribution in [0.3, 0.4) is 0 Å². The molecule has 4 nitrogen and oxygen atoms in total. The second-order valence-electron chi connectivity index (χ2n) is 3.36. The molecule has 1 aromatic rings. The van der Waals surface area contributed by atoms with Crippen LogP contribution in [0.25, 0.3) is 0 Å². The van der Waals surface area contributed by atoms with Crippen LogP contribution in [0.5, 0.6) is 0 Å². The first-order valence-electron chi connectivity index (χ1n) is 4.78. The van der Waals surface area contributed by atoms with Crippen molar-refractivity contribution in [2.75, 3.05) is 5.75 Å². The minimum Gasteiger partial charge on any atom is -0.481 e. The number of hydrogen-bond acceptors (Lipinski definition) is 3. The lowest BCUT2D eigenvalue weighted by Gasteiger charge is -2.02. The van der Waals surface area contributed by atoms with Gasteiger partial charge in [-0.25, -0.2) is 4.39 Å². The highest BCUT2D eigenvalue weighted by Crippen LogP contribution is 2.11. The molecule has 1 aromatic carbocycles. The highest BCUT2D eigenvalue weighted by molar-refractivity contribution is 7.84. The summed E-state index contributed by atoms with van der Waals surface area (Å²) in [4.78, 5) is 10.3. The van der Waals surface area contributed by atoms with Gasteiger partial charge in [-0.15, -0.1) is 0 Å². The van der Waals surface area contributed by atoms with Crippen molar-refractivity contribution in [3.8, 4) is 6.07 Å². The Hall–Kier alpha value is -1.74. The first kappa shape index (κ1) is 13.3. The third kappa shape index (κ3) is 4.33. The Morgan fingerprint density at radius 2 is 2.24 bits per heavy atom. The fourth-order valence-electron chi connectivity index (χ4n) is 1.21. The number of aliphatic carboxylic acids is 1. The second kappa shape index (κ2) is 6.11. The Balaban J connectivity index is 2.66. The molecule has 17 heavy (non-hydrogen) atoms. The zero-order valence-corrected chi connectivity index (χ0v) is 9.67. The predicted octanol–water partition coefficient (Wildman–Crippen LogP) is 1.42. The summed E-state index contributed by atoms with van der Waals surface area (Å²) in [6.07, 6.45) is -0.168. The van der Waals surface area contributed by atoms with E-state index in [0.717, 1.165) is 6.07 Å². The number of nitriles is 1. The number of carbonyl (C=O) groups is 1. The number of rotatable bonds is 5. The van der Waals surface area contributed by atoms with Crippen molar-refractivity contribution in [2.45, 2.75) is 12.2 Å². The summed E-state index contributed by atoms with van der Waals surface area (Å²) in [5.41, 5.74) is 0.462. The van der Waals surface area contributed by atoms with Gasteiger partial charge >= 0.3 is 5.97 Å². The zero-order chi connectivity index (χ0) is 12.8. The maximum absolute atomic E-state index is 13.0. The van der Waals surface area contributed by atoms with E-state index in [0.29, 0.717) is 5.56 Å². The number of carboxylic acid groups (broad SMARTS) is 1. The molecule has 0 heterocycles. The van der Waals surface area contributed by atoms with Crippen LogP contribution in [-0.2, 0) is 21.3 Å². The van der Waals surface area contributed by atoms with Gasteiger partial charge in [0.15, 0.2) is 0 Å². The van der Waals surface area contributed by atoms with Crippen LogP contribution in [0.2, 0.25) is 0 Å². The van der Waals surface area contributed by atoms with Gasteiger partial charge in [0.1, 0.15) is 11.9 Å². The molecule has 0 amide bonds. The van der Waals surface area contributed by atoms with Crippen molar-refractivity contribution in [1.29, 1.82) is 5.26 Å². The van der Waals surface area contributed by atoms with Gasteiger partial charge in [-0.05, 0) is 17.7 Å². The van der Waals surface area contributed by atoms with E-state index in [4.69, 9.17) is 10.4 Å². The molecule has 0 spiro atoms. The molecule has 90 valence electrons. The van der Waals surface area contributed by atoms with Crippen molar-refractivity contribution >= 4 is 16.8 Å². The van der Waals surface area contributed by atoms with Crippen LogP contribution in [0.4, 0.5) is 4.39 Å². The van der Waals surface area contributed by atoms with Crippen molar-refractivity contribution in [3.63, 3.8) is 0 Å². The fourth-order valence-corrected chi connectivity index (χ4v) is 2.31. The van der Waals surface area contributed by atoms with Gasteiger partial charge in [0.2, 0.25) is 0 Å². The monoisotopic (exact) mass is 255 g/mol. The molecule has 0 aliphatic heterocycles. The summed E-state index contributed by atoms with van der Waals surface area (Å²) < 4.78 is 24.5. The molecule has 0 saturated carbocycles. The van der Waals surface area contributed by atoms with Gasteiger partial charge < -0.3 is 5.11 Å². The second-order valence-corrected chi connectivity index (χ2v) is 4.93. The molecule has 1 rings (SSSR count). The fraction of sp³-hybridized carbons (Fsp3) is 0.273. The van der Waals surface area contributed by atoms with E-state index in [2.05, 4.69) is 0 Å². The van der Waals surface area contributed by atoms with Gasteiger partial charge in [0, 0.05) is 22.3 Å². The number of hydrogen-bond donors (Lipinski definition) is 1. The number of benzene rings is 1. The summed E-state index contributed by atoms with van der Waals surface area (Å²) >= 11 is 0. The van der Waals surface area contributed by atoms with Gasteiger partial charge in [-0.1, -0.05) is 6.07 Å². The van der Waals surface area contributed by atoms with Crippen LogP contribution < -0.4 is 0 Å². The summed E-state index contributed by atoms with van der Waals surface area (Å²) in [6, 6.07) is 5.60. The van der Waals surface area contributed by atoms with Crippen LogP contribution >= 0.6 is 0 Å². The SMILES string of the molecule is N#Cc1cc(CS(=O)CCC(=O)O)ccc1F. The quantitative estimate of drug-likeness (QED) is 0.863. The Labute approximate surface area is 100 Å². The topological polar surface area (TPSA) is 78.2 Å². The third-order valence-electron chi connectivity index (χ3n) is 2.02. The molecule has 1 unspecified atom stereocenters. The molecule has 0 saturated heterocycles. The van der Waals surface area contributed by atoms with E-state index in [-0.39, 0.29) is 23.5 Å². The molecular formula is C11H10FNO3S. The lowest BCUT2D eigenvalue weighted by molar-refractivity contribution is -0.136. The average Bonchev–Trinajstić information content (AvgIpc) is 2.29. The Bertz CT molecular complexity index is 496. The molecule has 0 fully saturated rings. The van der Waals surface area contributed by atoms with Crippen LogP contribution in [0.15, 0.2) is 18.2 Å². The van der Waals surface area contributed by atoms with E-state index < -0.39 is 22.6 Å². The van der Waals surface area contributed by atoms with Gasteiger partial charge in [0.25, 0.3) is 0 Å². The summed E-state index contributed by atoms with van der Waals surface area (Å²) in [5.74, 6) is -1.45. The molecule has 6 heteroatoms. The largest absolute Gasteiger partial charge is 0.481 e. The standard InChI is InChI=1S/C11H10FNO3S/c12-10-2-1-8(5-9(10)6-13)7-17(16)4-3-11(14)15/h1-2,5H,3-4,7H2,(H,14,15). The molecule has 0 aliphatic carbocycles. The van der Waals surface area contributed by atoms with Crippen LogP contribution in [0.1, 0.15) is 17.5 Å². The molecule has 1 atom stereocenters. The highest BCUT2D eigenvalue weighted by atomic mass is 32.2. The Morgan fingerprint density at radius 1 is 1.53 bits per heavy atom. The van der Waals surface area contributed by atoms with Crippen molar-refractivity contribution in [2.24, 2.45) is 0 Å². The van der Waals surface area contributed by atoms with Crippen molar-refractivity contribution in [1.82, 2.24) is 0 Å². The Morgan fingerprint density at radius 3 is 2.82 bits per heavy atom. The van der Waals surface area contributed by atoms with Crippen molar-refractivity contribution < 1.29 is 18.5 Å². The first-order chi connectivity index (χ1) is 8.02. The Kier molecular flexibility index (Phi) is 4.79.